The summed E-state index contributed by atoms with van der Waals surface area (Å²) in [6, 6.07) is 2.96. The second kappa shape index (κ2) is 7.51. The Morgan fingerprint density at radius 3 is 2.42 bits per heavy atom. The first-order valence-corrected chi connectivity index (χ1v) is 9.15. The fraction of sp³-hybridized carbons (Fsp3) is 0.529. The van der Waals surface area contributed by atoms with E-state index in [4.69, 9.17) is 39.5 Å². The number of anilines is 1. The molecule has 1 aromatic rings. The van der Waals surface area contributed by atoms with Crippen LogP contribution in [0.5, 0.6) is 0 Å². The average Bonchev–Trinajstić information content (AvgIpc) is 3.11. The van der Waals surface area contributed by atoms with Gasteiger partial charge in [0.25, 0.3) is 5.91 Å². The summed E-state index contributed by atoms with van der Waals surface area (Å²) in [5.74, 6) is 1.05. The predicted molar refractivity (Wildman–Crippen MR) is 94.6 cm³/mol. The van der Waals surface area contributed by atoms with E-state index in [0.29, 0.717) is 23.3 Å². The molecule has 4 nitrogen and oxygen atoms in total. The molecule has 130 valence electrons. The van der Waals surface area contributed by atoms with Crippen LogP contribution in [0.4, 0.5) is 5.69 Å². The summed E-state index contributed by atoms with van der Waals surface area (Å²) < 4.78 is 5.09. The van der Waals surface area contributed by atoms with Crippen LogP contribution in [-0.2, 0) is 14.3 Å². The monoisotopic (exact) mass is 389 g/mol. The first-order chi connectivity index (χ1) is 11.4. The lowest BCUT2D eigenvalue weighted by atomic mass is 9.86. The van der Waals surface area contributed by atoms with E-state index in [-0.39, 0.29) is 28.3 Å². The molecule has 0 heterocycles. The van der Waals surface area contributed by atoms with Crippen molar-refractivity contribution in [1.29, 1.82) is 0 Å². The molecule has 2 aliphatic carbocycles. The minimum Gasteiger partial charge on any atom is -0.456 e. The molecule has 24 heavy (non-hydrogen) atoms. The van der Waals surface area contributed by atoms with E-state index in [1.807, 2.05) is 0 Å². The van der Waals surface area contributed by atoms with Gasteiger partial charge in [0.2, 0.25) is 0 Å². The highest BCUT2D eigenvalue weighted by Gasteiger charge is 2.40. The van der Waals surface area contributed by atoms with Crippen molar-refractivity contribution >= 4 is 52.4 Å². The molecule has 2 aliphatic rings. The molecular weight excluding hydrogens is 373 g/mol. The van der Waals surface area contributed by atoms with Crippen LogP contribution in [0.2, 0.25) is 15.1 Å². The SMILES string of the molecule is O=C(COC(=O)C[C@H]1C[C@@H]2CC[C@@H]1C2)Nc1c(Cl)cc(Cl)cc1Cl. The zero-order valence-electron chi connectivity index (χ0n) is 13.0. The summed E-state index contributed by atoms with van der Waals surface area (Å²) in [7, 11) is 0. The number of halogens is 3. The van der Waals surface area contributed by atoms with Gasteiger partial charge in [-0.15, -0.1) is 0 Å². The Labute approximate surface area is 155 Å². The van der Waals surface area contributed by atoms with Gasteiger partial charge in [-0.05, 0) is 49.1 Å². The molecule has 3 rings (SSSR count). The normalized spacial score (nSPS) is 24.9. The minimum absolute atomic E-state index is 0.231. The van der Waals surface area contributed by atoms with Crippen molar-refractivity contribution in [3.05, 3.63) is 27.2 Å². The molecule has 0 radical (unpaired) electrons. The summed E-state index contributed by atoms with van der Waals surface area (Å²) >= 11 is 17.8. The van der Waals surface area contributed by atoms with E-state index < -0.39 is 5.91 Å². The molecule has 7 heteroatoms. The predicted octanol–water partition coefficient (Wildman–Crippen LogP) is 4.95. The molecule has 3 atom stereocenters. The number of carbonyl (C=O) groups is 2. The maximum absolute atomic E-state index is 11.9. The van der Waals surface area contributed by atoms with Gasteiger partial charge in [0.05, 0.1) is 15.7 Å². The Morgan fingerprint density at radius 1 is 1.12 bits per heavy atom. The van der Waals surface area contributed by atoms with Crippen molar-refractivity contribution in [2.24, 2.45) is 17.8 Å². The topological polar surface area (TPSA) is 55.4 Å². The fourth-order valence-corrected chi connectivity index (χ4v) is 4.79. The van der Waals surface area contributed by atoms with Gasteiger partial charge in [-0.25, -0.2) is 0 Å². The number of nitrogens with one attached hydrogen (secondary N) is 1. The lowest BCUT2D eigenvalue weighted by Gasteiger charge is -2.20. The van der Waals surface area contributed by atoms with Gasteiger partial charge >= 0.3 is 5.97 Å². The van der Waals surface area contributed by atoms with E-state index in [0.717, 1.165) is 12.3 Å². The van der Waals surface area contributed by atoms with Crippen LogP contribution in [0.25, 0.3) is 0 Å². The van der Waals surface area contributed by atoms with Gasteiger partial charge in [-0.1, -0.05) is 41.2 Å². The van der Waals surface area contributed by atoms with Crippen molar-refractivity contribution in [1.82, 2.24) is 0 Å². The largest absolute Gasteiger partial charge is 0.456 e. The second-order valence-corrected chi connectivity index (χ2v) is 7.84. The van der Waals surface area contributed by atoms with E-state index >= 15 is 0 Å². The highest BCUT2D eigenvalue weighted by Crippen LogP contribution is 2.49. The fourth-order valence-electron chi connectivity index (χ4n) is 3.88. The third-order valence-corrected chi connectivity index (χ3v) is 5.76. The molecule has 0 aromatic heterocycles. The van der Waals surface area contributed by atoms with Crippen LogP contribution >= 0.6 is 34.8 Å². The molecule has 0 unspecified atom stereocenters. The molecule has 2 bridgehead atoms. The van der Waals surface area contributed by atoms with E-state index in [1.165, 1.54) is 31.4 Å². The van der Waals surface area contributed by atoms with Crippen molar-refractivity contribution < 1.29 is 14.3 Å². The smallest absolute Gasteiger partial charge is 0.306 e. The zero-order valence-corrected chi connectivity index (χ0v) is 15.3. The summed E-state index contributed by atoms with van der Waals surface area (Å²) in [5, 5.41) is 3.38. The standard InChI is InChI=1S/C17H18Cl3NO3/c18-12-6-13(19)17(14(20)7-12)21-15(22)8-24-16(23)5-11-4-9-1-2-10(11)3-9/h6-7,9-11H,1-5,8H2,(H,21,22)/t9-,10-,11-/m1/s1. The van der Waals surface area contributed by atoms with Crippen LogP contribution in [0.1, 0.15) is 32.1 Å². The van der Waals surface area contributed by atoms with Gasteiger partial charge < -0.3 is 10.1 Å². The third-order valence-electron chi connectivity index (χ3n) is 4.95. The van der Waals surface area contributed by atoms with Gasteiger partial charge in [-0.3, -0.25) is 9.59 Å². The van der Waals surface area contributed by atoms with Crippen molar-refractivity contribution in [2.45, 2.75) is 32.1 Å². The maximum Gasteiger partial charge on any atom is 0.306 e. The molecule has 1 N–H and O–H groups in total. The van der Waals surface area contributed by atoms with Crippen molar-refractivity contribution in [2.75, 3.05) is 11.9 Å². The van der Waals surface area contributed by atoms with Gasteiger partial charge in [-0.2, -0.15) is 0 Å². The van der Waals surface area contributed by atoms with Crippen molar-refractivity contribution in [3.63, 3.8) is 0 Å². The molecule has 0 saturated heterocycles. The number of rotatable bonds is 5. The highest BCUT2D eigenvalue weighted by molar-refractivity contribution is 6.42. The Bertz CT molecular complexity index is 641. The number of hydrogen-bond acceptors (Lipinski definition) is 3. The second-order valence-electron chi connectivity index (χ2n) is 6.59. The Hall–Kier alpha value is -0.970. The quantitative estimate of drug-likeness (QED) is 0.723. The van der Waals surface area contributed by atoms with Crippen LogP contribution in [0.15, 0.2) is 12.1 Å². The minimum atomic E-state index is -0.484. The molecule has 1 amide bonds. The number of benzene rings is 1. The van der Waals surface area contributed by atoms with Crippen LogP contribution in [0, 0.1) is 17.8 Å². The number of fused-ring (bicyclic) bond motifs is 2. The third kappa shape index (κ3) is 4.16. The summed E-state index contributed by atoms with van der Waals surface area (Å²) in [6.45, 7) is -0.352. The van der Waals surface area contributed by atoms with Gasteiger partial charge in [0, 0.05) is 11.4 Å². The average molecular weight is 391 g/mol. The number of ether oxygens (including phenoxy) is 1. The van der Waals surface area contributed by atoms with E-state index in [1.54, 1.807) is 0 Å². The van der Waals surface area contributed by atoms with Crippen LogP contribution < -0.4 is 5.32 Å². The molecule has 0 spiro atoms. The summed E-state index contributed by atoms with van der Waals surface area (Å²) in [4.78, 5) is 23.9. The molecule has 1 aromatic carbocycles. The van der Waals surface area contributed by atoms with E-state index in [2.05, 4.69) is 5.32 Å². The highest BCUT2D eigenvalue weighted by atomic mass is 35.5. The number of amides is 1. The lowest BCUT2D eigenvalue weighted by Crippen LogP contribution is -2.23. The first-order valence-electron chi connectivity index (χ1n) is 8.02. The molecule has 2 fully saturated rings. The Morgan fingerprint density at radius 2 is 1.83 bits per heavy atom. The van der Waals surface area contributed by atoms with Gasteiger partial charge in [0.15, 0.2) is 6.61 Å². The van der Waals surface area contributed by atoms with Crippen LogP contribution in [0.3, 0.4) is 0 Å². The summed E-state index contributed by atoms with van der Waals surface area (Å²) in [5.41, 5.74) is 0.261. The first kappa shape index (κ1) is 17.8. The molecule has 2 saturated carbocycles. The Balaban J connectivity index is 1.46. The molecule has 0 aliphatic heterocycles. The lowest BCUT2D eigenvalue weighted by molar-refractivity contribution is -0.148. The maximum atomic E-state index is 11.9. The van der Waals surface area contributed by atoms with Crippen molar-refractivity contribution in [3.8, 4) is 0 Å². The summed E-state index contributed by atoms with van der Waals surface area (Å²) in [6.07, 6.45) is 5.27. The van der Waals surface area contributed by atoms with Crippen LogP contribution in [-0.4, -0.2) is 18.5 Å². The van der Waals surface area contributed by atoms with E-state index in [9.17, 15) is 9.59 Å². The number of hydrogen-bond donors (Lipinski definition) is 1. The van der Waals surface area contributed by atoms with Gasteiger partial charge in [0.1, 0.15) is 0 Å². The molecular formula is C17H18Cl3NO3. The Kier molecular flexibility index (Phi) is 5.58. The number of carbonyl (C=O) groups excluding carboxylic acids is 2. The zero-order chi connectivity index (χ0) is 17.3. The number of esters is 1.